The number of hydrogen-bond acceptors (Lipinski definition) is 2. The normalized spacial score (nSPS) is 10.4. The summed E-state index contributed by atoms with van der Waals surface area (Å²) < 4.78 is 1.95. The molecule has 0 aliphatic carbocycles. The third kappa shape index (κ3) is 2.64. The van der Waals surface area contributed by atoms with Crippen molar-refractivity contribution in [2.75, 3.05) is 0 Å². The third-order valence-corrected chi connectivity index (χ3v) is 3.91. The number of aromatic nitrogens is 2. The van der Waals surface area contributed by atoms with Gasteiger partial charge in [0.2, 0.25) is 0 Å². The minimum atomic E-state index is 0.662. The van der Waals surface area contributed by atoms with Crippen LogP contribution in [0.4, 0.5) is 0 Å². The van der Waals surface area contributed by atoms with E-state index in [2.05, 4.69) is 42.4 Å². The van der Waals surface area contributed by atoms with Gasteiger partial charge in [0.15, 0.2) is 0 Å². The molecular formula is C19H17N3. The number of benzene rings is 2. The van der Waals surface area contributed by atoms with Crippen molar-refractivity contribution in [2.24, 2.45) is 0 Å². The summed E-state index contributed by atoms with van der Waals surface area (Å²) in [6.45, 7) is 4.14. The Labute approximate surface area is 130 Å². The molecule has 0 saturated carbocycles. The Morgan fingerprint density at radius 3 is 2.32 bits per heavy atom. The Kier molecular flexibility index (Phi) is 3.76. The van der Waals surface area contributed by atoms with Crippen molar-refractivity contribution in [3.63, 3.8) is 0 Å². The van der Waals surface area contributed by atoms with Crippen LogP contribution in [0.2, 0.25) is 0 Å². The van der Waals surface area contributed by atoms with E-state index in [1.165, 1.54) is 11.1 Å². The predicted octanol–water partition coefficient (Wildman–Crippen LogP) is 3.95. The molecule has 0 spiro atoms. The first-order chi connectivity index (χ1) is 10.7. The minimum Gasteiger partial charge on any atom is -0.238 e. The number of nitrogens with zero attached hydrogens (tertiary/aromatic N) is 3. The number of aryl methyl sites for hydroxylation is 1. The molecule has 0 saturated heterocycles. The van der Waals surface area contributed by atoms with Gasteiger partial charge in [0.25, 0.3) is 0 Å². The first kappa shape index (κ1) is 14.1. The summed E-state index contributed by atoms with van der Waals surface area (Å²) in [5.74, 6) is 0. The number of nitriles is 1. The maximum Gasteiger partial charge on any atom is 0.0991 e. The standard InChI is InChI=1S/C19H17N3/c1-14-19(12-16-6-4-3-5-7-16)15(2)22(21-14)18-10-8-17(13-20)9-11-18/h3-11H,12H2,1-2H3. The molecule has 3 nitrogen and oxygen atoms in total. The largest absolute Gasteiger partial charge is 0.238 e. The summed E-state index contributed by atoms with van der Waals surface area (Å²) in [5.41, 5.74) is 6.38. The molecule has 2 aromatic carbocycles. The summed E-state index contributed by atoms with van der Waals surface area (Å²) in [4.78, 5) is 0. The summed E-state index contributed by atoms with van der Waals surface area (Å²) in [5, 5.41) is 13.6. The highest BCUT2D eigenvalue weighted by Crippen LogP contribution is 2.21. The average Bonchev–Trinajstić information content (AvgIpc) is 2.84. The van der Waals surface area contributed by atoms with Gasteiger partial charge < -0.3 is 0 Å². The fourth-order valence-electron chi connectivity index (χ4n) is 2.66. The highest BCUT2D eigenvalue weighted by Gasteiger charge is 2.13. The van der Waals surface area contributed by atoms with Crippen LogP contribution in [0.5, 0.6) is 0 Å². The molecule has 108 valence electrons. The second-order valence-electron chi connectivity index (χ2n) is 5.38. The molecule has 0 unspecified atom stereocenters. The molecule has 1 heterocycles. The lowest BCUT2D eigenvalue weighted by molar-refractivity contribution is 0.832. The van der Waals surface area contributed by atoms with Crippen LogP contribution in [0.3, 0.4) is 0 Å². The Hall–Kier alpha value is -2.86. The molecule has 22 heavy (non-hydrogen) atoms. The van der Waals surface area contributed by atoms with Gasteiger partial charge in [0.05, 0.1) is 23.0 Å². The van der Waals surface area contributed by atoms with Crippen molar-refractivity contribution in [1.82, 2.24) is 9.78 Å². The number of rotatable bonds is 3. The fourth-order valence-corrected chi connectivity index (χ4v) is 2.66. The molecule has 0 bridgehead atoms. The van der Waals surface area contributed by atoms with Crippen LogP contribution in [-0.2, 0) is 6.42 Å². The molecule has 3 heteroatoms. The molecule has 0 atom stereocenters. The monoisotopic (exact) mass is 287 g/mol. The van der Waals surface area contributed by atoms with Gasteiger partial charge in [0.1, 0.15) is 0 Å². The van der Waals surface area contributed by atoms with E-state index in [9.17, 15) is 0 Å². The van der Waals surface area contributed by atoms with Crippen LogP contribution in [-0.4, -0.2) is 9.78 Å². The van der Waals surface area contributed by atoms with E-state index in [0.717, 1.165) is 23.5 Å². The van der Waals surface area contributed by atoms with Gasteiger partial charge in [-0.15, -0.1) is 0 Å². The first-order valence-electron chi connectivity index (χ1n) is 7.28. The van der Waals surface area contributed by atoms with Gasteiger partial charge in [-0.05, 0) is 43.7 Å². The molecule has 3 aromatic rings. The third-order valence-electron chi connectivity index (χ3n) is 3.91. The second-order valence-corrected chi connectivity index (χ2v) is 5.38. The average molecular weight is 287 g/mol. The predicted molar refractivity (Wildman–Crippen MR) is 87.0 cm³/mol. The van der Waals surface area contributed by atoms with Gasteiger partial charge >= 0.3 is 0 Å². The zero-order valence-electron chi connectivity index (χ0n) is 12.7. The Morgan fingerprint density at radius 2 is 1.68 bits per heavy atom. The summed E-state index contributed by atoms with van der Waals surface area (Å²) in [7, 11) is 0. The SMILES string of the molecule is Cc1nn(-c2ccc(C#N)cc2)c(C)c1Cc1ccccc1. The van der Waals surface area contributed by atoms with Crippen LogP contribution in [0, 0.1) is 25.2 Å². The van der Waals surface area contributed by atoms with Crippen molar-refractivity contribution in [3.05, 3.63) is 82.7 Å². The van der Waals surface area contributed by atoms with Gasteiger partial charge in [0, 0.05) is 17.7 Å². The number of hydrogen-bond donors (Lipinski definition) is 0. The van der Waals surface area contributed by atoms with Crippen LogP contribution < -0.4 is 0 Å². The minimum absolute atomic E-state index is 0.662. The lowest BCUT2D eigenvalue weighted by Crippen LogP contribution is -1.99. The first-order valence-corrected chi connectivity index (χ1v) is 7.28. The molecule has 0 amide bonds. The molecule has 0 aliphatic heterocycles. The fraction of sp³-hybridized carbons (Fsp3) is 0.158. The van der Waals surface area contributed by atoms with Crippen LogP contribution in [0.15, 0.2) is 54.6 Å². The summed E-state index contributed by atoms with van der Waals surface area (Å²) >= 11 is 0. The molecular weight excluding hydrogens is 270 g/mol. The zero-order valence-corrected chi connectivity index (χ0v) is 12.7. The highest BCUT2D eigenvalue weighted by atomic mass is 15.3. The van der Waals surface area contributed by atoms with Crippen molar-refractivity contribution < 1.29 is 0 Å². The summed E-state index contributed by atoms with van der Waals surface area (Å²) in [6, 6.07) is 20.1. The topological polar surface area (TPSA) is 41.6 Å². The Morgan fingerprint density at radius 1 is 1.00 bits per heavy atom. The second kappa shape index (κ2) is 5.87. The van der Waals surface area contributed by atoms with Crippen molar-refractivity contribution in [1.29, 1.82) is 5.26 Å². The molecule has 1 aromatic heterocycles. The van der Waals surface area contributed by atoms with Gasteiger partial charge in [-0.3, -0.25) is 0 Å². The smallest absolute Gasteiger partial charge is 0.0991 e. The quantitative estimate of drug-likeness (QED) is 0.732. The van der Waals surface area contributed by atoms with E-state index in [1.54, 1.807) is 0 Å². The van der Waals surface area contributed by atoms with Crippen molar-refractivity contribution in [3.8, 4) is 11.8 Å². The van der Waals surface area contributed by atoms with Gasteiger partial charge in [-0.2, -0.15) is 10.4 Å². The van der Waals surface area contributed by atoms with Crippen LogP contribution in [0.1, 0.15) is 28.1 Å². The van der Waals surface area contributed by atoms with E-state index >= 15 is 0 Å². The van der Waals surface area contributed by atoms with Crippen LogP contribution in [0.25, 0.3) is 5.69 Å². The highest BCUT2D eigenvalue weighted by molar-refractivity contribution is 5.42. The van der Waals surface area contributed by atoms with E-state index in [0.29, 0.717) is 5.56 Å². The maximum atomic E-state index is 8.89. The lowest BCUT2D eigenvalue weighted by atomic mass is 10.0. The Bertz CT molecular complexity index is 822. The van der Waals surface area contributed by atoms with Crippen molar-refractivity contribution >= 4 is 0 Å². The summed E-state index contributed by atoms with van der Waals surface area (Å²) in [6.07, 6.45) is 0.884. The van der Waals surface area contributed by atoms with E-state index in [1.807, 2.05) is 41.9 Å². The molecule has 0 N–H and O–H groups in total. The molecule has 0 aliphatic rings. The molecule has 0 radical (unpaired) electrons. The molecule has 3 rings (SSSR count). The Balaban J connectivity index is 1.97. The van der Waals surface area contributed by atoms with Crippen LogP contribution >= 0.6 is 0 Å². The maximum absolute atomic E-state index is 8.89. The van der Waals surface area contributed by atoms with Crippen molar-refractivity contribution in [2.45, 2.75) is 20.3 Å². The lowest BCUT2D eigenvalue weighted by Gasteiger charge is -2.06. The van der Waals surface area contributed by atoms with Gasteiger partial charge in [-0.25, -0.2) is 4.68 Å². The van der Waals surface area contributed by atoms with E-state index < -0.39 is 0 Å². The van der Waals surface area contributed by atoms with E-state index in [-0.39, 0.29) is 0 Å². The zero-order chi connectivity index (χ0) is 15.5. The molecule has 0 fully saturated rings. The van der Waals surface area contributed by atoms with E-state index in [4.69, 9.17) is 5.26 Å². The van der Waals surface area contributed by atoms with Gasteiger partial charge in [-0.1, -0.05) is 30.3 Å².